The van der Waals surface area contributed by atoms with E-state index in [0.717, 1.165) is 30.9 Å². The highest BCUT2D eigenvalue weighted by molar-refractivity contribution is 5.53. The highest BCUT2D eigenvalue weighted by Crippen LogP contribution is 2.45. The first-order valence-electron chi connectivity index (χ1n) is 6.70. The molecule has 0 radical (unpaired) electrons. The van der Waals surface area contributed by atoms with Gasteiger partial charge in [0.1, 0.15) is 11.5 Å². The molecule has 1 aromatic rings. The highest BCUT2D eigenvalue weighted by atomic mass is 16.5. The predicted molar refractivity (Wildman–Crippen MR) is 73.4 cm³/mol. The second-order valence-corrected chi connectivity index (χ2v) is 4.98. The number of nitrogens with one attached hydrogen (secondary N) is 1. The van der Waals surface area contributed by atoms with E-state index in [2.05, 4.69) is 19.2 Å². The van der Waals surface area contributed by atoms with Gasteiger partial charge in [-0.25, -0.2) is 0 Å². The lowest BCUT2D eigenvalue weighted by molar-refractivity contribution is 0.379. The van der Waals surface area contributed by atoms with Crippen molar-refractivity contribution in [1.82, 2.24) is 5.32 Å². The molecule has 0 fully saturated rings. The van der Waals surface area contributed by atoms with Crippen LogP contribution in [0.15, 0.2) is 12.1 Å². The molecule has 0 heterocycles. The summed E-state index contributed by atoms with van der Waals surface area (Å²) in [6.07, 6.45) is 2.20. The van der Waals surface area contributed by atoms with Crippen LogP contribution >= 0.6 is 0 Å². The van der Waals surface area contributed by atoms with Crippen LogP contribution in [0.2, 0.25) is 0 Å². The molecule has 100 valence electrons. The van der Waals surface area contributed by atoms with Gasteiger partial charge in [0, 0.05) is 17.2 Å². The molecular weight excluding hydrogens is 226 g/mol. The standard InChI is InChI=1S/C15H23NO2/c1-5-8-16-15-10(2)9-11-12(17-3)6-7-13(18-4)14(11)15/h6-7,10,15-16H,5,8-9H2,1-4H3. The van der Waals surface area contributed by atoms with Gasteiger partial charge in [0.2, 0.25) is 0 Å². The third-order valence-electron chi connectivity index (χ3n) is 3.73. The molecule has 1 N–H and O–H groups in total. The second kappa shape index (κ2) is 5.61. The molecule has 2 atom stereocenters. The minimum atomic E-state index is 0.380. The maximum atomic E-state index is 5.52. The molecule has 1 aliphatic carbocycles. The Morgan fingerprint density at radius 2 is 1.89 bits per heavy atom. The number of hydrogen-bond acceptors (Lipinski definition) is 3. The minimum Gasteiger partial charge on any atom is -0.496 e. The summed E-state index contributed by atoms with van der Waals surface area (Å²) in [4.78, 5) is 0. The summed E-state index contributed by atoms with van der Waals surface area (Å²) in [5, 5.41) is 3.63. The summed E-state index contributed by atoms with van der Waals surface area (Å²) < 4.78 is 11.0. The monoisotopic (exact) mass is 249 g/mol. The van der Waals surface area contributed by atoms with Crippen molar-refractivity contribution in [1.29, 1.82) is 0 Å². The highest BCUT2D eigenvalue weighted by Gasteiger charge is 2.34. The number of rotatable bonds is 5. The largest absolute Gasteiger partial charge is 0.496 e. The zero-order chi connectivity index (χ0) is 13.1. The van der Waals surface area contributed by atoms with E-state index in [-0.39, 0.29) is 0 Å². The number of fused-ring (bicyclic) bond motifs is 1. The van der Waals surface area contributed by atoms with E-state index < -0.39 is 0 Å². The SMILES string of the molecule is CCCNC1c2c(OC)ccc(OC)c2CC1C. The summed E-state index contributed by atoms with van der Waals surface area (Å²) in [5.41, 5.74) is 2.59. The van der Waals surface area contributed by atoms with Crippen molar-refractivity contribution in [3.8, 4) is 11.5 Å². The van der Waals surface area contributed by atoms with E-state index >= 15 is 0 Å². The molecule has 0 aliphatic heterocycles. The zero-order valence-electron chi connectivity index (χ0n) is 11.7. The third-order valence-corrected chi connectivity index (χ3v) is 3.73. The lowest BCUT2D eigenvalue weighted by Crippen LogP contribution is -2.25. The van der Waals surface area contributed by atoms with E-state index in [9.17, 15) is 0 Å². The Morgan fingerprint density at radius 1 is 1.22 bits per heavy atom. The second-order valence-electron chi connectivity index (χ2n) is 4.98. The maximum Gasteiger partial charge on any atom is 0.124 e. The predicted octanol–water partition coefficient (Wildman–Crippen LogP) is 2.94. The summed E-state index contributed by atoms with van der Waals surface area (Å²) in [7, 11) is 3.47. The van der Waals surface area contributed by atoms with Crippen LogP contribution in [-0.4, -0.2) is 20.8 Å². The number of benzene rings is 1. The van der Waals surface area contributed by atoms with Gasteiger partial charge in [-0.3, -0.25) is 0 Å². The van der Waals surface area contributed by atoms with Crippen molar-refractivity contribution in [2.24, 2.45) is 5.92 Å². The van der Waals surface area contributed by atoms with Gasteiger partial charge in [0.05, 0.1) is 14.2 Å². The average molecular weight is 249 g/mol. The summed E-state index contributed by atoms with van der Waals surface area (Å²) in [6.45, 7) is 5.51. The fraction of sp³-hybridized carbons (Fsp3) is 0.600. The van der Waals surface area contributed by atoms with Crippen LogP contribution in [0.25, 0.3) is 0 Å². The van der Waals surface area contributed by atoms with Gasteiger partial charge in [-0.15, -0.1) is 0 Å². The van der Waals surface area contributed by atoms with Crippen molar-refractivity contribution in [3.63, 3.8) is 0 Å². The molecule has 1 aromatic carbocycles. The van der Waals surface area contributed by atoms with Crippen LogP contribution in [0.3, 0.4) is 0 Å². The maximum absolute atomic E-state index is 5.52. The Hall–Kier alpha value is -1.22. The minimum absolute atomic E-state index is 0.380. The Balaban J connectivity index is 2.41. The van der Waals surface area contributed by atoms with E-state index in [0.29, 0.717) is 12.0 Å². The molecule has 0 spiro atoms. The first-order chi connectivity index (χ1) is 8.72. The molecule has 2 rings (SSSR count). The van der Waals surface area contributed by atoms with Crippen molar-refractivity contribution in [2.75, 3.05) is 20.8 Å². The Kier molecular flexibility index (Phi) is 4.12. The van der Waals surface area contributed by atoms with E-state index in [4.69, 9.17) is 9.47 Å². The van der Waals surface area contributed by atoms with Crippen LogP contribution in [-0.2, 0) is 6.42 Å². The van der Waals surface area contributed by atoms with E-state index in [1.165, 1.54) is 11.1 Å². The number of ether oxygens (including phenoxy) is 2. The molecule has 1 aliphatic rings. The van der Waals surface area contributed by atoms with Gasteiger partial charge < -0.3 is 14.8 Å². The van der Waals surface area contributed by atoms with Crippen molar-refractivity contribution < 1.29 is 9.47 Å². The molecule has 0 saturated carbocycles. The van der Waals surface area contributed by atoms with Gasteiger partial charge in [-0.1, -0.05) is 13.8 Å². The molecule has 3 heteroatoms. The van der Waals surface area contributed by atoms with Crippen LogP contribution < -0.4 is 14.8 Å². The van der Waals surface area contributed by atoms with Crippen LogP contribution in [0.4, 0.5) is 0 Å². The lowest BCUT2D eigenvalue weighted by Gasteiger charge is -2.20. The normalized spacial score (nSPS) is 21.8. The lowest BCUT2D eigenvalue weighted by atomic mass is 10.0. The van der Waals surface area contributed by atoms with Gasteiger partial charge in [0.15, 0.2) is 0 Å². The number of methoxy groups -OCH3 is 2. The molecular formula is C15H23NO2. The molecule has 18 heavy (non-hydrogen) atoms. The Labute approximate surface area is 109 Å². The fourth-order valence-corrected chi connectivity index (χ4v) is 2.87. The first-order valence-corrected chi connectivity index (χ1v) is 6.70. The molecule has 0 bridgehead atoms. The molecule has 3 nitrogen and oxygen atoms in total. The smallest absolute Gasteiger partial charge is 0.124 e. The molecule has 0 saturated heterocycles. The third kappa shape index (κ3) is 2.19. The topological polar surface area (TPSA) is 30.5 Å². The summed E-state index contributed by atoms with van der Waals surface area (Å²) in [6, 6.07) is 4.40. The first kappa shape index (κ1) is 13.2. The van der Waals surface area contributed by atoms with Gasteiger partial charge >= 0.3 is 0 Å². The van der Waals surface area contributed by atoms with Gasteiger partial charge in [-0.05, 0) is 37.4 Å². The average Bonchev–Trinajstić information content (AvgIpc) is 2.72. The molecule has 0 amide bonds. The van der Waals surface area contributed by atoms with Gasteiger partial charge in [0.25, 0.3) is 0 Å². The van der Waals surface area contributed by atoms with Crippen LogP contribution in [0.5, 0.6) is 11.5 Å². The molecule has 2 unspecified atom stereocenters. The summed E-state index contributed by atoms with van der Waals surface area (Å²) in [5.74, 6) is 2.54. The fourth-order valence-electron chi connectivity index (χ4n) is 2.87. The van der Waals surface area contributed by atoms with Crippen molar-refractivity contribution >= 4 is 0 Å². The quantitative estimate of drug-likeness (QED) is 0.870. The van der Waals surface area contributed by atoms with Crippen molar-refractivity contribution in [2.45, 2.75) is 32.7 Å². The number of hydrogen-bond donors (Lipinski definition) is 1. The molecule has 0 aromatic heterocycles. The van der Waals surface area contributed by atoms with Crippen LogP contribution in [0.1, 0.15) is 37.4 Å². The Bertz CT molecular complexity index is 417. The van der Waals surface area contributed by atoms with E-state index in [1.807, 2.05) is 12.1 Å². The summed E-state index contributed by atoms with van der Waals surface area (Å²) >= 11 is 0. The van der Waals surface area contributed by atoms with E-state index in [1.54, 1.807) is 14.2 Å². The van der Waals surface area contributed by atoms with Crippen molar-refractivity contribution in [3.05, 3.63) is 23.3 Å². The van der Waals surface area contributed by atoms with Crippen LogP contribution in [0, 0.1) is 5.92 Å². The van der Waals surface area contributed by atoms with Gasteiger partial charge in [-0.2, -0.15) is 0 Å². The zero-order valence-corrected chi connectivity index (χ0v) is 11.7. The Morgan fingerprint density at radius 3 is 2.50 bits per heavy atom.